The molecule has 90 valence electrons. The summed E-state index contributed by atoms with van der Waals surface area (Å²) in [6.07, 6.45) is 0. The SMILES string of the molecule is CC(C)C(=O)NCc1ccc(F)c(C#N)c1F. The van der Waals surface area contributed by atoms with Crippen LogP contribution in [0.4, 0.5) is 8.78 Å². The summed E-state index contributed by atoms with van der Waals surface area (Å²) >= 11 is 0. The first-order valence-corrected chi connectivity index (χ1v) is 5.12. The third kappa shape index (κ3) is 3.00. The third-order valence-corrected chi connectivity index (χ3v) is 2.26. The van der Waals surface area contributed by atoms with Gasteiger partial charge in [-0.05, 0) is 6.07 Å². The highest BCUT2D eigenvalue weighted by molar-refractivity contribution is 5.77. The molecule has 0 aromatic heterocycles. The molecule has 0 spiro atoms. The van der Waals surface area contributed by atoms with E-state index in [9.17, 15) is 13.6 Å². The Hall–Kier alpha value is -1.96. The van der Waals surface area contributed by atoms with Gasteiger partial charge in [-0.1, -0.05) is 19.9 Å². The lowest BCUT2D eigenvalue weighted by Crippen LogP contribution is -2.27. The maximum absolute atomic E-state index is 13.6. The Balaban J connectivity index is 2.87. The van der Waals surface area contributed by atoms with E-state index in [1.165, 1.54) is 12.1 Å². The summed E-state index contributed by atoms with van der Waals surface area (Å²) in [4.78, 5) is 11.3. The summed E-state index contributed by atoms with van der Waals surface area (Å²) in [6.45, 7) is 3.35. The van der Waals surface area contributed by atoms with E-state index in [1.54, 1.807) is 13.8 Å². The van der Waals surface area contributed by atoms with E-state index in [4.69, 9.17) is 5.26 Å². The molecule has 0 atom stereocenters. The lowest BCUT2D eigenvalue weighted by molar-refractivity contribution is -0.124. The van der Waals surface area contributed by atoms with Crippen molar-refractivity contribution >= 4 is 5.91 Å². The Bertz CT molecular complexity index is 478. The van der Waals surface area contributed by atoms with Gasteiger partial charge in [0.2, 0.25) is 5.91 Å². The minimum absolute atomic E-state index is 0.0577. The minimum atomic E-state index is -0.920. The molecule has 1 N–H and O–H groups in total. The molecule has 0 saturated heterocycles. The average molecular weight is 238 g/mol. The Labute approximate surface area is 98.1 Å². The largest absolute Gasteiger partial charge is 0.352 e. The second-order valence-electron chi connectivity index (χ2n) is 3.88. The van der Waals surface area contributed by atoms with Gasteiger partial charge in [0, 0.05) is 18.0 Å². The summed E-state index contributed by atoms with van der Waals surface area (Å²) in [6, 6.07) is 3.68. The number of hydrogen-bond donors (Lipinski definition) is 1. The molecule has 0 unspecified atom stereocenters. The predicted molar refractivity (Wildman–Crippen MR) is 57.8 cm³/mol. The zero-order valence-corrected chi connectivity index (χ0v) is 9.55. The van der Waals surface area contributed by atoms with E-state index in [-0.39, 0.29) is 23.9 Å². The number of carbonyl (C=O) groups excluding carboxylic acids is 1. The first-order chi connectivity index (χ1) is 7.97. The summed E-state index contributed by atoms with van der Waals surface area (Å²) in [5.74, 6) is -2.26. The Kier molecular flexibility index (Phi) is 4.16. The molecule has 0 saturated carbocycles. The summed E-state index contributed by atoms with van der Waals surface area (Å²) in [7, 11) is 0. The van der Waals surface area contributed by atoms with Crippen molar-refractivity contribution in [1.82, 2.24) is 5.32 Å². The van der Waals surface area contributed by atoms with Crippen molar-refractivity contribution in [3.05, 3.63) is 34.9 Å². The predicted octanol–water partition coefficient (Wildman–Crippen LogP) is 2.11. The quantitative estimate of drug-likeness (QED) is 0.876. The van der Waals surface area contributed by atoms with Crippen LogP contribution in [0.1, 0.15) is 25.0 Å². The molecule has 1 aromatic carbocycles. The van der Waals surface area contributed by atoms with E-state index in [2.05, 4.69) is 5.32 Å². The highest BCUT2D eigenvalue weighted by Gasteiger charge is 2.14. The minimum Gasteiger partial charge on any atom is -0.352 e. The molecule has 0 fully saturated rings. The monoisotopic (exact) mass is 238 g/mol. The molecule has 0 heterocycles. The van der Waals surface area contributed by atoms with E-state index in [1.807, 2.05) is 0 Å². The fourth-order valence-electron chi connectivity index (χ4n) is 1.22. The van der Waals surface area contributed by atoms with E-state index in [0.717, 1.165) is 6.07 Å². The maximum Gasteiger partial charge on any atom is 0.222 e. The molecule has 17 heavy (non-hydrogen) atoms. The number of benzene rings is 1. The van der Waals surface area contributed by atoms with Crippen LogP contribution >= 0.6 is 0 Å². The zero-order valence-electron chi connectivity index (χ0n) is 9.55. The Morgan fingerprint density at radius 1 is 1.47 bits per heavy atom. The molecular formula is C12H12F2N2O. The van der Waals surface area contributed by atoms with Gasteiger partial charge >= 0.3 is 0 Å². The summed E-state index contributed by atoms with van der Waals surface area (Å²) in [5, 5.41) is 11.1. The van der Waals surface area contributed by atoms with Gasteiger partial charge in [-0.3, -0.25) is 4.79 Å². The second-order valence-corrected chi connectivity index (χ2v) is 3.88. The number of nitrogens with one attached hydrogen (secondary N) is 1. The maximum atomic E-state index is 13.6. The molecule has 1 rings (SSSR count). The lowest BCUT2D eigenvalue weighted by Gasteiger charge is -2.09. The zero-order chi connectivity index (χ0) is 13.0. The summed E-state index contributed by atoms with van der Waals surface area (Å²) < 4.78 is 26.6. The number of amides is 1. The van der Waals surface area contributed by atoms with Crippen molar-refractivity contribution in [2.24, 2.45) is 5.92 Å². The molecule has 5 heteroatoms. The van der Waals surface area contributed by atoms with E-state index in [0.29, 0.717) is 0 Å². The van der Waals surface area contributed by atoms with Gasteiger partial charge in [0.15, 0.2) is 0 Å². The van der Waals surface area contributed by atoms with Crippen molar-refractivity contribution in [3.8, 4) is 6.07 Å². The van der Waals surface area contributed by atoms with Crippen molar-refractivity contribution in [3.63, 3.8) is 0 Å². The first kappa shape index (κ1) is 13.1. The van der Waals surface area contributed by atoms with Gasteiger partial charge < -0.3 is 5.32 Å². The standard InChI is InChI=1S/C12H12F2N2O/c1-7(2)12(17)16-6-8-3-4-10(13)9(5-15)11(8)14/h3-4,7H,6H2,1-2H3,(H,16,17). The number of nitriles is 1. The molecule has 0 radical (unpaired) electrons. The van der Waals surface area contributed by atoms with Crippen LogP contribution in [0.25, 0.3) is 0 Å². The fraction of sp³-hybridized carbons (Fsp3) is 0.333. The van der Waals surface area contributed by atoms with Crippen LogP contribution in [0.2, 0.25) is 0 Å². The topological polar surface area (TPSA) is 52.9 Å². The van der Waals surface area contributed by atoms with Crippen LogP contribution in [0.3, 0.4) is 0 Å². The average Bonchev–Trinajstić information content (AvgIpc) is 2.28. The van der Waals surface area contributed by atoms with Gasteiger partial charge in [0.1, 0.15) is 23.3 Å². The number of hydrogen-bond acceptors (Lipinski definition) is 2. The van der Waals surface area contributed by atoms with E-state index >= 15 is 0 Å². The smallest absolute Gasteiger partial charge is 0.222 e. The van der Waals surface area contributed by atoms with Gasteiger partial charge in [-0.2, -0.15) is 5.26 Å². The highest BCUT2D eigenvalue weighted by atomic mass is 19.1. The van der Waals surface area contributed by atoms with Crippen molar-refractivity contribution in [2.75, 3.05) is 0 Å². The molecule has 3 nitrogen and oxygen atoms in total. The molecule has 0 bridgehead atoms. The van der Waals surface area contributed by atoms with Crippen molar-refractivity contribution < 1.29 is 13.6 Å². The van der Waals surface area contributed by atoms with Gasteiger partial charge in [0.25, 0.3) is 0 Å². The highest BCUT2D eigenvalue weighted by Crippen LogP contribution is 2.15. The Morgan fingerprint density at radius 3 is 2.65 bits per heavy atom. The van der Waals surface area contributed by atoms with Gasteiger partial charge in [-0.15, -0.1) is 0 Å². The van der Waals surface area contributed by atoms with Crippen LogP contribution in [0, 0.1) is 28.9 Å². The lowest BCUT2D eigenvalue weighted by atomic mass is 10.1. The molecule has 0 aliphatic rings. The normalized spacial score (nSPS) is 10.1. The van der Waals surface area contributed by atoms with Crippen molar-refractivity contribution in [1.29, 1.82) is 5.26 Å². The molecule has 0 aliphatic heterocycles. The molecule has 1 amide bonds. The van der Waals surface area contributed by atoms with Crippen LogP contribution in [-0.2, 0) is 11.3 Å². The molecular weight excluding hydrogens is 226 g/mol. The number of rotatable bonds is 3. The van der Waals surface area contributed by atoms with Crippen LogP contribution < -0.4 is 5.32 Å². The van der Waals surface area contributed by atoms with Crippen molar-refractivity contribution in [2.45, 2.75) is 20.4 Å². The van der Waals surface area contributed by atoms with Gasteiger partial charge in [-0.25, -0.2) is 8.78 Å². The first-order valence-electron chi connectivity index (χ1n) is 5.12. The third-order valence-electron chi connectivity index (χ3n) is 2.26. The number of halogens is 2. The number of nitrogens with zero attached hydrogens (tertiary/aromatic N) is 1. The van der Waals surface area contributed by atoms with Gasteiger partial charge in [0.05, 0.1) is 0 Å². The second kappa shape index (κ2) is 5.39. The Morgan fingerprint density at radius 2 is 2.12 bits per heavy atom. The number of carbonyl (C=O) groups is 1. The van der Waals surface area contributed by atoms with Crippen LogP contribution in [0.5, 0.6) is 0 Å². The molecule has 0 aliphatic carbocycles. The molecule has 1 aromatic rings. The fourth-order valence-corrected chi connectivity index (χ4v) is 1.22. The van der Waals surface area contributed by atoms with Crippen LogP contribution in [0.15, 0.2) is 12.1 Å². The van der Waals surface area contributed by atoms with E-state index < -0.39 is 17.2 Å². The van der Waals surface area contributed by atoms with Crippen LogP contribution in [-0.4, -0.2) is 5.91 Å². The summed E-state index contributed by atoms with van der Waals surface area (Å²) in [5.41, 5.74) is -0.529.